The highest BCUT2D eigenvalue weighted by Crippen LogP contribution is 2.08. The standard InChI is InChI=1S/C10H10BrN/c11-8-10-5-3-9(4-6-10)2-1-7-12/h3-6H,1-2,8H2. The number of aryl methyl sites for hydroxylation is 1. The lowest BCUT2D eigenvalue weighted by molar-refractivity contribution is 1.01. The van der Waals surface area contributed by atoms with E-state index in [1.165, 1.54) is 11.1 Å². The molecule has 0 heterocycles. The van der Waals surface area contributed by atoms with E-state index in [0.29, 0.717) is 6.42 Å². The van der Waals surface area contributed by atoms with Gasteiger partial charge >= 0.3 is 0 Å². The fourth-order valence-corrected chi connectivity index (χ4v) is 1.37. The first-order chi connectivity index (χ1) is 5.86. The van der Waals surface area contributed by atoms with Crippen LogP contribution < -0.4 is 0 Å². The van der Waals surface area contributed by atoms with E-state index in [0.717, 1.165) is 11.8 Å². The zero-order valence-electron chi connectivity index (χ0n) is 6.76. The Balaban J connectivity index is 2.60. The van der Waals surface area contributed by atoms with Crippen molar-refractivity contribution in [2.24, 2.45) is 0 Å². The van der Waals surface area contributed by atoms with Crippen LogP contribution in [0, 0.1) is 11.3 Å². The lowest BCUT2D eigenvalue weighted by Gasteiger charge is -1.98. The third kappa shape index (κ3) is 2.67. The van der Waals surface area contributed by atoms with Crippen LogP contribution >= 0.6 is 15.9 Å². The number of hydrogen-bond donors (Lipinski definition) is 0. The van der Waals surface area contributed by atoms with Gasteiger partial charge in [0.2, 0.25) is 0 Å². The highest BCUT2D eigenvalue weighted by Gasteiger charge is 1.92. The van der Waals surface area contributed by atoms with Crippen molar-refractivity contribution >= 4 is 15.9 Å². The van der Waals surface area contributed by atoms with Crippen molar-refractivity contribution in [2.45, 2.75) is 18.2 Å². The number of rotatable bonds is 3. The number of nitrogens with zero attached hydrogens (tertiary/aromatic N) is 1. The van der Waals surface area contributed by atoms with E-state index < -0.39 is 0 Å². The molecule has 1 rings (SSSR count). The monoisotopic (exact) mass is 223 g/mol. The van der Waals surface area contributed by atoms with Crippen LogP contribution in [0.3, 0.4) is 0 Å². The predicted octanol–water partition coefficient (Wildman–Crippen LogP) is 3.04. The molecule has 1 aromatic rings. The van der Waals surface area contributed by atoms with E-state index in [1.54, 1.807) is 0 Å². The quantitative estimate of drug-likeness (QED) is 0.724. The van der Waals surface area contributed by atoms with E-state index in [2.05, 4.69) is 46.3 Å². The summed E-state index contributed by atoms with van der Waals surface area (Å²) >= 11 is 3.38. The van der Waals surface area contributed by atoms with Crippen molar-refractivity contribution in [1.29, 1.82) is 5.26 Å². The molecule has 0 saturated heterocycles. The molecule has 12 heavy (non-hydrogen) atoms. The minimum atomic E-state index is 0.605. The summed E-state index contributed by atoms with van der Waals surface area (Å²) in [7, 11) is 0. The number of hydrogen-bond acceptors (Lipinski definition) is 1. The SMILES string of the molecule is N#CCCc1ccc(CBr)cc1. The fraction of sp³-hybridized carbons (Fsp3) is 0.300. The molecule has 0 aromatic heterocycles. The summed E-state index contributed by atoms with van der Waals surface area (Å²) in [6.07, 6.45) is 1.47. The Morgan fingerprint density at radius 2 is 1.75 bits per heavy atom. The zero-order valence-corrected chi connectivity index (χ0v) is 8.34. The van der Waals surface area contributed by atoms with Crippen LogP contribution in [0.15, 0.2) is 24.3 Å². The third-order valence-corrected chi connectivity index (χ3v) is 2.35. The molecule has 0 unspecified atom stereocenters. The molecule has 2 heteroatoms. The molecular formula is C10H10BrN. The molecule has 0 bridgehead atoms. The number of benzene rings is 1. The summed E-state index contributed by atoms with van der Waals surface area (Å²) in [5.41, 5.74) is 2.51. The molecule has 0 radical (unpaired) electrons. The summed E-state index contributed by atoms with van der Waals surface area (Å²) in [5.74, 6) is 0. The Kier molecular flexibility index (Phi) is 3.83. The van der Waals surface area contributed by atoms with Gasteiger partial charge in [-0.1, -0.05) is 40.2 Å². The minimum Gasteiger partial charge on any atom is -0.198 e. The molecule has 0 aliphatic heterocycles. The Morgan fingerprint density at radius 1 is 1.17 bits per heavy atom. The van der Waals surface area contributed by atoms with Crippen molar-refractivity contribution in [3.05, 3.63) is 35.4 Å². The van der Waals surface area contributed by atoms with Gasteiger partial charge in [-0.2, -0.15) is 5.26 Å². The minimum absolute atomic E-state index is 0.605. The smallest absolute Gasteiger partial charge is 0.0625 e. The molecule has 0 spiro atoms. The van der Waals surface area contributed by atoms with Crippen LogP contribution in [-0.2, 0) is 11.8 Å². The Bertz CT molecular complexity index is 271. The van der Waals surface area contributed by atoms with Crippen molar-refractivity contribution in [2.75, 3.05) is 0 Å². The average molecular weight is 224 g/mol. The van der Waals surface area contributed by atoms with E-state index in [4.69, 9.17) is 5.26 Å². The van der Waals surface area contributed by atoms with Crippen LogP contribution in [0.25, 0.3) is 0 Å². The Morgan fingerprint density at radius 3 is 2.25 bits per heavy atom. The van der Waals surface area contributed by atoms with Gasteiger partial charge in [0.15, 0.2) is 0 Å². The van der Waals surface area contributed by atoms with Gasteiger partial charge in [0.05, 0.1) is 6.07 Å². The molecule has 0 atom stereocenters. The van der Waals surface area contributed by atoms with Gasteiger partial charge in [0.25, 0.3) is 0 Å². The maximum Gasteiger partial charge on any atom is 0.0625 e. The maximum absolute atomic E-state index is 8.37. The summed E-state index contributed by atoms with van der Waals surface area (Å²) in [4.78, 5) is 0. The lowest BCUT2D eigenvalue weighted by Crippen LogP contribution is -1.84. The molecule has 1 nitrogen and oxygen atoms in total. The summed E-state index contributed by atoms with van der Waals surface area (Å²) in [6.45, 7) is 0. The van der Waals surface area contributed by atoms with Gasteiger partial charge in [0.1, 0.15) is 0 Å². The van der Waals surface area contributed by atoms with Gasteiger partial charge in [0, 0.05) is 11.8 Å². The maximum atomic E-state index is 8.37. The molecule has 0 fully saturated rings. The second-order valence-electron chi connectivity index (χ2n) is 2.61. The van der Waals surface area contributed by atoms with E-state index >= 15 is 0 Å². The Labute approximate surface area is 81.2 Å². The van der Waals surface area contributed by atoms with E-state index in [9.17, 15) is 0 Å². The Hall–Kier alpha value is -0.810. The van der Waals surface area contributed by atoms with E-state index in [-0.39, 0.29) is 0 Å². The molecule has 0 aliphatic rings. The highest BCUT2D eigenvalue weighted by molar-refractivity contribution is 9.08. The number of halogens is 1. The molecule has 0 saturated carbocycles. The first kappa shape index (κ1) is 9.28. The van der Waals surface area contributed by atoms with Gasteiger partial charge in [-0.3, -0.25) is 0 Å². The van der Waals surface area contributed by atoms with Crippen molar-refractivity contribution in [3.8, 4) is 6.07 Å². The van der Waals surface area contributed by atoms with Crippen LogP contribution in [0.1, 0.15) is 17.5 Å². The topological polar surface area (TPSA) is 23.8 Å². The molecule has 1 aromatic carbocycles. The molecule has 0 N–H and O–H groups in total. The van der Waals surface area contributed by atoms with Crippen LogP contribution in [0.4, 0.5) is 0 Å². The zero-order chi connectivity index (χ0) is 8.81. The summed E-state index contributed by atoms with van der Waals surface area (Å²) < 4.78 is 0. The number of nitriles is 1. The third-order valence-electron chi connectivity index (χ3n) is 1.70. The van der Waals surface area contributed by atoms with Gasteiger partial charge in [-0.25, -0.2) is 0 Å². The van der Waals surface area contributed by atoms with Gasteiger partial charge in [-0.15, -0.1) is 0 Å². The van der Waals surface area contributed by atoms with E-state index in [1.807, 2.05) is 0 Å². The molecule has 0 amide bonds. The second-order valence-corrected chi connectivity index (χ2v) is 3.17. The molecular weight excluding hydrogens is 214 g/mol. The highest BCUT2D eigenvalue weighted by atomic mass is 79.9. The van der Waals surface area contributed by atoms with Crippen molar-refractivity contribution in [1.82, 2.24) is 0 Å². The first-order valence-corrected chi connectivity index (χ1v) is 4.99. The number of alkyl halides is 1. The van der Waals surface area contributed by atoms with Gasteiger partial charge < -0.3 is 0 Å². The van der Waals surface area contributed by atoms with Gasteiger partial charge in [-0.05, 0) is 17.5 Å². The normalized spacial score (nSPS) is 9.33. The largest absolute Gasteiger partial charge is 0.198 e. The second kappa shape index (κ2) is 4.95. The van der Waals surface area contributed by atoms with Crippen LogP contribution in [0.2, 0.25) is 0 Å². The molecule has 0 aliphatic carbocycles. The van der Waals surface area contributed by atoms with Crippen LogP contribution in [-0.4, -0.2) is 0 Å². The summed E-state index contributed by atoms with van der Waals surface area (Å²) in [6, 6.07) is 10.5. The fourth-order valence-electron chi connectivity index (χ4n) is 0.995. The molecule has 62 valence electrons. The average Bonchev–Trinajstić information content (AvgIpc) is 2.15. The lowest BCUT2D eigenvalue weighted by atomic mass is 10.1. The first-order valence-electron chi connectivity index (χ1n) is 3.87. The van der Waals surface area contributed by atoms with Crippen LogP contribution in [0.5, 0.6) is 0 Å². The predicted molar refractivity (Wildman–Crippen MR) is 53.0 cm³/mol. The summed E-state index contributed by atoms with van der Waals surface area (Å²) in [5, 5.41) is 9.27. The van der Waals surface area contributed by atoms with Crippen molar-refractivity contribution in [3.63, 3.8) is 0 Å². The van der Waals surface area contributed by atoms with Crippen molar-refractivity contribution < 1.29 is 0 Å².